The molecule has 0 amide bonds. The monoisotopic (exact) mass is 384 g/mol. The summed E-state index contributed by atoms with van der Waals surface area (Å²) >= 11 is 6.52. The fraction of sp³-hybridized carbons (Fsp3) is 0.133. The molecule has 2 aromatic rings. The minimum atomic E-state index is -0.339. The van der Waals surface area contributed by atoms with Crippen molar-refractivity contribution >= 4 is 37.6 Å². The minimum absolute atomic E-state index is 0.0635. The Hall–Kier alpha value is -1.00. The standard InChI is InChI=1S/C15H11Br2FO/c16-12-6-4-10(5-7-12)8-13(19)9-11-2-1-3-14(18)15(11)17/h1-7H,8-9H2. The zero-order valence-corrected chi connectivity index (χ0v) is 13.2. The zero-order valence-electron chi connectivity index (χ0n) is 10.00. The van der Waals surface area contributed by atoms with Gasteiger partial charge in [0.1, 0.15) is 11.6 Å². The van der Waals surface area contributed by atoms with Crippen molar-refractivity contribution in [1.82, 2.24) is 0 Å². The van der Waals surface area contributed by atoms with E-state index in [1.807, 2.05) is 24.3 Å². The third-order valence-corrected chi connectivity index (χ3v) is 4.15. The van der Waals surface area contributed by atoms with Gasteiger partial charge in [0.2, 0.25) is 0 Å². The molecule has 0 atom stereocenters. The Labute approximate surface area is 128 Å². The van der Waals surface area contributed by atoms with Crippen LogP contribution >= 0.6 is 31.9 Å². The summed E-state index contributed by atoms with van der Waals surface area (Å²) in [5.74, 6) is -0.275. The fourth-order valence-corrected chi connectivity index (χ4v) is 2.46. The fourth-order valence-electron chi connectivity index (χ4n) is 1.79. The summed E-state index contributed by atoms with van der Waals surface area (Å²) in [5.41, 5.74) is 1.64. The molecule has 0 bridgehead atoms. The van der Waals surface area contributed by atoms with Gasteiger partial charge in [-0.3, -0.25) is 4.79 Å². The Balaban J connectivity index is 2.05. The molecule has 1 nitrogen and oxygen atoms in total. The lowest BCUT2D eigenvalue weighted by Crippen LogP contribution is -2.07. The summed E-state index contributed by atoms with van der Waals surface area (Å²) in [4.78, 5) is 12.0. The molecule has 0 heterocycles. The van der Waals surface area contributed by atoms with Crippen LogP contribution in [0.25, 0.3) is 0 Å². The van der Waals surface area contributed by atoms with Gasteiger partial charge in [0, 0.05) is 17.3 Å². The normalized spacial score (nSPS) is 10.5. The summed E-state index contributed by atoms with van der Waals surface area (Å²) in [6.07, 6.45) is 0.588. The second kappa shape index (κ2) is 6.44. The lowest BCUT2D eigenvalue weighted by molar-refractivity contribution is -0.117. The van der Waals surface area contributed by atoms with E-state index in [0.717, 1.165) is 10.0 Å². The largest absolute Gasteiger partial charge is 0.299 e. The van der Waals surface area contributed by atoms with Crippen LogP contribution in [-0.4, -0.2) is 5.78 Å². The van der Waals surface area contributed by atoms with E-state index in [9.17, 15) is 9.18 Å². The molecule has 0 aromatic heterocycles. The first kappa shape index (κ1) is 14.4. The van der Waals surface area contributed by atoms with Gasteiger partial charge in [0.15, 0.2) is 0 Å². The highest BCUT2D eigenvalue weighted by Crippen LogP contribution is 2.21. The van der Waals surface area contributed by atoms with Crippen LogP contribution < -0.4 is 0 Å². The second-order valence-electron chi connectivity index (χ2n) is 4.23. The number of hydrogen-bond donors (Lipinski definition) is 0. The van der Waals surface area contributed by atoms with Gasteiger partial charge in [-0.1, -0.05) is 40.2 Å². The molecule has 98 valence electrons. The molecule has 0 radical (unpaired) electrons. The molecule has 0 saturated heterocycles. The van der Waals surface area contributed by atoms with Gasteiger partial charge in [-0.2, -0.15) is 0 Å². The van der Waals surface area contributed by atoms with Crippen molar-refractivity contribution in [1.29, 1.82) is 0 Å². The zero-order chi connectivity index (χ0) is 13.8. The van der Waals surface area contributed by atoms with Crippen molar-refractivity contribution in [3.05, 3.63) is 68.4 Å². The van der Waals surface area contributed by atoms with E-state index < -0.39 is 0 Å². The van der Waals surface area contributed by atoms with E-state index in [-0.39, 0.29) is 18.0 Å². The Kier molecular flexibility index (Phi) is 4.88. The molecule has 0 aliphatic rings. The molecule has 2 aromatic carbocycles. The van der Waals surface area contributed by atoms with Crippen molar-refractivity contribution in [3.63, 3.8) is 0 Å². The van der Waals surface area contributed by atoms with Gasteiger partial charge in [0.05, 0.1) is 4.47 Å². The highest BCUT2D eigenvalue weighted by Gasteiger charge is 2.10. The quantitative estimate of drug-likeness (QED) is 0.745. The molecule has 4 heteroatoms. The maximum Gasteiger partial charge on any atom is 0.141 e. The minimum Gasteiger partial charge on any atom is -0.299 e. The van der Waals surface area contributed by atoms with E-state index in [4.69, 9.17) is 0 Å². The Morgan fingerprint density at radius 1 is 1.00 bits per heavy atom. The molecule has 0 aliphatic carbocycles. The van der Waals surface area contributed by atoms with Crippen LogP contribution in [-0.2, 0) is 17.6 Å². The van der Waals surface area contributed by atoms with Gasteiger partial charge in [-0.25, -0.2) is 4.39 Å². The Morgan fingerprint density at radius 2 is 1.68 bits per heavy atom. The highest BCUT2D eigenvalue weighted by molar-refractivity contribution is 9.10. The van der Waals surface area contributed by atoms with Crippen LogP contribution in [0.15, 0.2) is 51.4 Å². The van der Waals surface area contributed by atoms with Gasteiger partial charge in [-0.05, 0) is 45.3 Å². The van der Waals surface area contributed by atoms with Gasteiger partial charge < -0.3 is 0 Å². The summed E-state index contributed by atoms with van der Waals surface area (Å²) in [5, 5.41) is 0. The van der Waals surface area contributed by atoms with Crippen LogP contribution in [0, 0.1) is 5.82 Å². The number of rotatable bonds is 4. The molecule has 19 heavy (non-hydrogen) atoms. The van der Waals surface area contributed by atoms with Gasteiger partial charge >= 0.3 is 0 Å². The number of halogens is 3. The number of benzene rings is 2. The maximum atomic E-state index is 13.3. The van der Waals surface area contributed by atoms with Crippen LogP contribution in [0.4, 0.5) is 4.39 Å². The molecule has 0 fully saturated rings. The summed E-state index contributed by atoms with van der Waals surface area (Å²) in [6, 6.07) is 12.4. The van der Waals surface area contributed by atoms with E-state index in [1.54, 1.807) is 12.1 Å². The first-order valence-electron chi connectivity index (χ1n) is 5.75. The summed E-state index contributed by atoms with van der Waals surface area (Å²) < 4.78 is 14.7. The van der Waals surface area contributed by atoms with Crippen molar-refractivity contribution in [3.8, 4) is 0 Å². The molecular weight excluding hydrogens is 375 g/mol. The maximum absolute atomic E-state index is 13.3. The van der Waals surface area contributed by atoms with Crippen molar-refractivity contribution < 1.29 is 9.18 Å². The van der Waals surface area contributed by atoms with E-state index in [2.05, 4.69) is 31.9 Å². The van der Waals surface area contributed by atoms with Crippen molar-refractivity contribution in [2.75, 3.05) is 0 Å². The van der Waals surface area contributed by atoms with Crippen LogP contribution in [0.1, 0.15) is 11.1 Å². The lowest BCUT2D eigenvalue weighted by atomic mass is 10.0. The number of Topliss-reactive ketones (excluding diaryl/α,β-unsaturated/α-hetero) is 1. The molecule has 0 saturated carbocycles. The third-order valence-electron chi connectivity index (χ3n) is 2.73. The number of hydrogen-bond acceptors (Lipinski definition) is 1. The van der Waals surface area contributed by atoms with E-state index >= 15 is 0 Å². The highest BCUT2D eigenvalue weighted by atomic mass is 79.9. The van der Waals surface area contributed by atoms with E-state index in [1.165, 1.54) is 6.07 Å². The number of carbonyl (C=O) groups excluding carboxylic acids is 1. The molecule has 0 unspecified atom stereocenters. The number of carbonyl (C=O) groups is 1. The van der Waals surface area contributed by atoms with Crippen LogP contribution in [0.2, 0.25) is 0 Å². The molecular formula is C15H11Br2FO. The van der Waals surface area contributed by atoms with Crippen LogP contribution in [0.3, 0.4) is 0 Å². The summed E-state index contributed by atoms with van der Waals surface area (Å²) in [7, 11) is 0. The molecule has 2 rings (SSSR count). The second-order valence-corrected chi connectivity index (χ2v) is 5.94. The lowest BCUT2D eigenvalue weighted by Gasteiger charge is -2.05. The third kappa shape index (κ3) is 3.98. The SMILES string of the molecule is O=C(Cc1ccc(Br)cc1)Cc1cccc(F)c1Br. The Bertz CT molecular complexity index is 594. The number of ketones is 1. The van der Waals surface area contributed by atoms with Gasteiger partial charge in [-0.15, -0.1) is 0 Å². The molecule has 0 aliphatic heterocycles. The summed E-state index contributed by atoms with van der Waals surface area (Å²) in [6.45, 7) is 0. The van der Waals surface area contributed by atoms with Crippen LogP contribution in [0.5, 0.6) is 0 Å². The van der Waals surface area contributed by atoms with E-state index in [0.29, 0.717) is 16.5 Å². The van der Waals surface area contributed by atoms with Crippen molar-refractivity contribution in [2.24, 2.45) is 0 Å². The smallest absolute Gasteiger partial charge is 0.141 e. The van der Waals surface area contributed by atoms with Gasteiger partial charge in [0.25, 0.3) is 0 Å². The molecule has 0 spiro atoms. The molecule has 0 N–H and O–H groups in total. The van der Waals surface area contributed by atoms with Crippen molar-refractivity contribution in [2.45, 2.75) is 12.8 Å². The predicted molar refractivity (Wildman–Crippen MR) is 80.7 cm³/mol. The average molecular weight is 386 g/mol. The average Bonchev–Trinajstić information content (AvgIpc) is 2.38. The topological polar surface area (TPSA) is 17.1 Å². The first-order valence-corrected chi connectivity index (χ1v) is 7.34. The Morgan fingerprint density at radius 3 is 2.37 bits per heavy atom. The predicted octanol–water partition coefficient (Wildman–Crippen LogP) is 4.71. The first-order chi connectivity index (χ1) is 9.06.